The summed E-state index contributed by atoms with van der Waals surface area (Å²) in [5.74, 6) is -0.000732. The van der Waals surface area contributed by atoms with Crippen molar-refractivity contribution in [2.45, 2.75) is 20.4 Å². The fourth-order valence-electron chi connectivity index (χ4n) is 2.23. The zero-order valence-electron chi connectivity index (χ0n) is 12.3. The van der Waals surface area contributed by atoms with Gasteiger partial charge in [-0.3, -0.25) is 9.48 Å². The SMILES string of the molecule is Cc1cc(C)cc(-c2nn(CCS(C)(=O)=O)cc2C=O)c1. The molecule has 0 unspecified atom stereocenters. The average Bonchev–Trinajstić information content (AvgIpc) is 2.77. The van der Waals surface area contributed by atoms with Gasteiger partial charge in [0.2, 0.25) is 0 Å². The van der Waals surface area contributed by atoms with E-state index >= 15 is 0 Å². The maximum atomic E-state index is 11.2. The predicted octanol–water partition coefficient (Wildman–Crippen LogP) is 2.02. The number of hydrogen-bond donors (Lipinski definition) is 0. The highest BCUT2D eigenvalue weighted by Crippen LogP contribution is 2.23. The van der Waals surface area contributed by atoms with E-state index in [9.17, 15) is 13.2 Å². The second kappa shape index (κ2) is 5.81. The smallest absolute Gasteiger partial charge is 0.153 e. The normalized spacial score (nSPS) is 11.6. The summed E-state index contributed by atoms with van der Waals surface area (Å²) in [5.41, 5.74) is 4.10. The number of sulfone groups is 1. The molecule has 0 atom stereocenters. The monoisotopic (exact) mass is 306 g/mol. The van der Waals surface area contributed by atoms with Crippen molar-refractivity contribution in [3.63, 3.8) is 0 Å². The number of carbonyl (C=O) groups excluding carboxylic acids is 1. The van der Waals surface area contributed by atoms with Gasteiger partial charge in [-0.05, 0) is 26.0 Å². The van der Waals surface area contributed by atoms with Crippen molar-refractivity contribution in [2.75, 3.05) is 12.0 Å². The Morgan fingerprint density at radius 3 is 2.33 bits per heavy atom. The lowest BCUT2D eigenvalue weighted by Crippen LogP contribution is -2.11. The Kier molecular flexibility index (Phi) is 4.27. The van der Waals surface area contributed by atoms with Gasteiger partial charge in [0.15, 0.2) is 6.29 Å². The van der Waals surface area contributed by atoms with Gasteiger partial charge in [0.05, 0.1) is 17.9 Å². The Balaban J connectivity index is 2.39. The standard InChI is InChI=1S/C15H18N2O3S/c1-11-6-12(2)8-13(7-11)15-14(10-18)9-17(16-15)4-5-21(3,19)20/h6-10H,4-5H2,1-3H3. The fourth-order valence-corrected chi connectivity index (χ4v) is 2.75. The van der Waals surface area contributed by atoms with Gasteiger partial charge in [-0.25, -0.2) is 8.42 Å². The number of rotatable bonds is 5. The molecule has 1 aromatic carbocycles. The highest BCUT2D eigenvalue weighted by Gasteiger charge is 2.12. The summed E-state index contributed by atoms with van der Waals surface area (Å²) in [6, 6.07) is 5.97. The van der Waals surface area contributed by atoms with Crippen molar-refractivity contribution < 1.29 is 13.2 Å². The number of benzene rings is 1. The van der Waals surface area contributed by atoms with Crippen LogP contribution in [0.15, 0.2) is 24.4 Å². The van der Waals surface area contributed by atoms with Crippen LogP contribution in [0.4, 0.5) is 0 Å². The molecule has 0 bridgehead atoms. The summed E-state index contributed by atoms with van der Waals surface area (Å²) < 4.78 is 23.9. The van der Waals surface area contributed by atoms with Gasteiger partial charge in [-0.15, -0.1) is 0 Å². The largest absolute Gasteiger partial charge is 0.298 e. The molecule has 0 spiro atoms. The molecule has 0 radical (unpaired) electrons. The predicted molar refractivity (Wildman–Crippen MR) is 82.2 cm³/mol. The second-order valence-corrected chi connectivity index (χ2v) is 7.58. The first-order chi connectivity index (χ1) is 9.78. The van der Waals surface area contributed by atoms with E-state index < -0.39 is 9.84 Å². The Morgan fingerprint density at radius 2 is 1.81 bits per heavy atom. The first kappa shape index (κ1) is 15.4. The van der Waals surface area contributed by atoms with Crippen molar-refractivity contribution in [1.82, 2.24) is 9.78 Å². The molecule has 0 aliphatic carbocycles. The van der Waals surface area contributed by atoms with Crippen LogP contribution < -0.4 is 0 Å². The van der Waals surface area contributed by atoms with Gasteiger partial charge < -0.3 is 0 Å². The molecular weight excluding hydrogens is 288 g/mol. The third-order valence-electron chi connectivity index (χ3n) is 3.10. The first-order valence-corrected chi connectivity index (χ1v) is 8.63. The van der Waals surface area contributed by atoms with E-state index in [1.165, 1.54) is 10.9 Å². The number of carbonyl (C=O) groups is 1. The Bertz CT molecular complexity index is 756. The van der Waals surface area contributed by atoms with E-state index in [-0.39, 0.29) is 12.3 Å². The number of aromatic nitrogens is 2. The van der Waals surface area contributed by atoms with Crippen LogP contribution in [-0.2, 0) is 16.4 Å². The van der Waals surface area contributed by atoms with Crippen LogP contribution in [0.3, 0.4) is 0 Å². The average molecular weight is 306 g/mol. The van der Waals surface area contributed by atoms with E-state index in [1.54, 1.807) is 6.20 Å². The van der Waals surface area contributed by atoms with Crippen LogP contribution in [0.5, 0.6) is 0 Å². The second-order valence-electron chi connectivity index (χ2n) is 5.32. The number of nitrogens with zero attached hydrogens (tertiary/aromatic N) is 2. The van der Waals surface area contributed by atoms with E-state index in [1.807, 2.05) is 32.0 Å². The fraction of sp³-hybridized carbons (Fsp3) is 0.333. The molecule has 5 nitrogen and oxygen atoms in total. The van der Waals surface area contributed by atoms with Crippen LogP contribution in [0.1, 0.15) is 21.5 Å². The molecule has 2 aromatic rings. The van der Waals surface area contributed by atoms with Crippen LogP contribution in [0.2, 0.25) is 0 Å². The summed E-state index contributed by atoms with van der Waals surface area (Å²) in [4.78, 5) is 11.2. The summed E-state index contributed by atoms with van der Waals surface area (Å²) in [5, 5.41) is 4.36. The number of hydrogen-bond acceptors (Lipinski definition) is 4. The molecule has 6 heteroatoms. The molecule has 0 aliphatic rings. The lowest BCUT2D eigenvalue weighted by atomic mass is 10.0. The Labute approximate surface area is 124 Å². The molecule has 112 valence electrons. The first-order valence-electron chi connectivity index (χ1n) is 6.57. The van der Waals surface area contributed by atoms with Gasteiger partial charge >= 0.3 is 0 Å². The number of aryl methyl sites for hydroxylation is 3. The Morgan fingerprint density at radius 1 is 1.19 bits per heavy atom. The van der Waals surface area contributed by atoms with E-state index in [0.717, 1.165) is 23.0 Å². The van der Waals surface area contributed by atoms with E-state index in [0.29, 0.717) is 11.3 Å². The summed E-state index contributed by atoms with van der Waals surface area (Å²) in [7, 11) is -3.06. The lowest BCUT2D eigenvalue weighted by Gasteiger charge is -2.03. The maximum absolute atomic E-state index is 11.2. The van der Waals surface area contributed by atoms with Crippen molar-refractivity contribution in [1.29, 1.82) is 0 Å². The van der Waals surface area contributed by atoms with Gasteiger partial charge in [-0.1, -0.05) is 17.2 Å². The van der Waals surface area contributed by atoms with Crippen molar-refractivity contribution in [3.8, 4) is 11.3 Å². The van der Waals surface area contributed by atoms with Crippen LogP contribution >= 0.6 is 0 Å². The highest BCUT2D eigenvalue weighted by molar-refractivity contribution is 7.90. The maximum Gasteiger partial charge on any atom is 0.153 e. The molecule has 0 fully saturated rings. The molecule has 2 rings (SSSR count). The van der Waals surface area contributed by atoms with Crippen molar-refractivity contribution in [2.24, 2.45) is 0 Å². The molecule has 0 N–H and O–H groups in total. The van der Waals surface area contributed by atoms with E-state index in [4.69, 9.17) is 0 Å². The number of aldehydes is 1. The van der Waals surface area contributed by atoms with Gasteiger partial charge in [0.1, 0.15) is 15.5 Å². The van der Waals surface area contributed by atoms with Crippen LogP contribution in [0.25, 0.3) is 11.3 Å². The van der Waals surface area contributed by atoms with Gasteiger partial charge in [0, 0.05) is 18.0 Å². The summed E-state index contributed by atoms with van der Waals surface area (Å²) >= 11 is 0. The third kappa shape index (κ3) is 4.01. The van der Waals surface area contributed by atoms with Crippen molar-refractivity contribution in [3.05, 3.63) is 41.1 Å². The molecule has 0 saturated carbocycles. The van der Waals surface area contributed by atoms with Gasteiger partial charge in [0.25, 0.3) is 0 Å². The molecule has 21 heavy (non-hydrogen) atoms. The zero-order chi connectivity index (χ0) is 15.6. The summed E-state index contributed by atoms with van der Waals surface area (Å²) in [6.07, 6.45) is 3.52. The van der Waals surface area contributed by atoms with Crippen LogP contribution in [0, 0.1) is 13.8 Å². The van der Waals surface area contributed by atoms with Crippen LogP contribution in [-0.4, -0.2) is 36.5 Å². The Hall–Kier alpha value is -1.95. The minimum atomic E-state index is -3.06. The minimum absolute atomic E-state index is 0.000732. The molecule has 0 amide bonds. The topological polar surface area (TPSA) is 69.0 Å². The molecule has 0 aliphatic heterocycles. The zero-order valence-corrected chi connectivity index (χ0v) is 13.1. The molecule has 0 saturated heterocycles. The van der Waals surface area contributed by atoms with Crippen molar-refractivity contribution >= 4 is 16.1 Å². The highest BCUT2D eigenvalue weighted by atomic mass is 32.2. The molecule has 1 heterocycles. The lowest BCUT2D eigenvalue weighted by molar-refractivity contribution is 0.112. The molecule has 1 aromatic heterocycles. The van der Waals surface area contributed by atoms with E-state index in [2.05, 4.69) is 5.10 Å². The van der Waals surface area contributed by atoms with Gasteiger partial charge in [-0.2, -0.15) is 5.10 Å². The quantitative estimate of drug-likeness (QED) is 0.793. The summed E-state index contributed by atoms with van der Waals surface area (Å²) in [6.45, 7) is 4.21. The third-order valence-corrected chi connectivity index (χ3v) is 4.03. The minimum Gasteiger partial charge on any atom is -0.298 e. The molecular formula is C15H18N2O3S.